The smallest absolute Gasteiger partial charge is 0.329 e. The number of aliphatic carboxylic acids is 1. The van der Waals surface area contributed by atoms with Gasteiger partial charge in [0.1, 0.15) is 5.54 Å². The summed E-state index contributed by atoms with van der Waals surface area (Å²) in [6.45, 7) is 3.67. The molecule has 6 heteroatoms. The summed E-state index contributed by atoms with van der Waals surface area (Å²) in [6, 6.07) is 7.02. The van der Waals surface area contributed by atoms with Gasteiger partial charge in [0.15, 0.2) is 0 Å². The van der Waals surface area contributed by atoms with Crippen LogP contribution in [0.4, 0.5) is 5.69 Å². The van der Waals surface area contributed by atoms with E-state index in [2.05, 4.69) is 5.32 Å². The van der Waals surface area contributed by atoms with Crippen LogP contribution in [0.25, 0.3) is 0 Å². The molecule has 0 radical (unpaired) electrons. The highest BCUT2D eigenvalue weighted by Gasteiger charge is 2.47. The molecule has 1 aliphatic heterocycles. The minimum atomic E-state index is -1.30. The number of hydrogen-bond acceptors (Lipinski definition) is 3. The fraction of sp³-hybridized carbons (Fsp3) is 0.400. The van der Waals surface area contributed by atoms with Crippen molar-refractivity contribution in [2.75, 3.05) is 11.9 Å². The first-order valence-corrected chi connectivity index (χ1v) is 6.77. The molecule has 0 aromatic heterocycles. The highest BCUT2D eigenvalue weighted by molar-refractivity contribution is 6.40. The molecule has 0 spiro atoms. The highest BCUT2D eigenvalue weighted by atomic mass is 16.4. The van der Waals surface area contributed by atoms with Crippen LogP contribution in [0, 0.1) is 6.92 Å². The average molecular weight is 290 g/mol. The van der Waals surface area contributed by atoms with Crippen LogP contribution < -0.4 is 5.32 Å². The number of carboxylic acids is 1. The summed E-state index contributed by atoms with van der Waals surface area (Å²) in [7, 11) is 0. The van der Waals surface area contributed by atoms with Gasteiger partial charge in [0.05, 0.1) is 0 Å². The number of rotatable bonds is 2. The molecular weight excluding hydrogens is 272 g/mol. The van der Waals surface area contributed by atoms with Crippen LogP contribution in [-0.4, -0.2) is 39.9 Å². The number of aryl methyl sites for hydroxylation is 1. The van der Waals surface area contributed by atoms with Crippen molar-refractivity contribution in [2.24, 2.45) is 0 Å². The van der Waals surface area contributed by atoms with E-state index in [1.807, 2.05) is 19.1 Å². The topological polar surface area (TPSA) is 86.7 Å². The summed E-state index contributed by atoms with van der Waals surface area (Å²) in [5.41, 5.74) is 0.245. The first kappa shape index (κ1) is 15.0. The van der Waals surface area contributed by atoms with E-state index in [4.69, 9.17) is 0 Å². The van der Waals surface area contributed by atoms with E-state index < -0.39 is 23.3 Å². The van der Waals surface area contributed by atoms with Crippen molar-refractivity contribution in [3.63, 3.8) is 0 Å². The zero-order valence-electron chi connectivity index (χ0n) is 12.0. The molecule has 1 aliphatic rings. The molecule has 2 amide bonds. The minimum absolute atomic E-state index is 0.281. The molecule has 0 saturated carbocycles. The number of anilines is 1. The molecule has 1 aromatic rings. The van der Waals surface area contributed by atoms with Crippen LogP contribution in [0.15, 0.2) is 24.3 Å². The minimum Gasteiger partial charge on any atom is -0.480 e. The molecule has 0 aliphatic carbocycles. The number of hydrogen-bond donors (Lipinski definition) is 2. The third-order valence-electron chi connectivity index (χ3n) is 3.85. The van der Waals surface area contributed by atoms with Gasteiger partial charge in [0, 0.05) is 12.2 Å². The van der Waals surface area contributed by atoms with Gasteiger partial charge in [-0.25, -0.2) is 4.79 Å². The standard InChI is InChI=1S/C15H18N2O4/c1-10-4-6-11(7-5-10)16-12(18)13(19)17-9-3-8-15(17,2)14(20)21/h4-7H,3,8-9H2,1-2H3,(H,16,18)(H,20,21). The second kappa shape index (κ2) is 5.55. The molecule has 1 aromatic carbocycles. The summed E-state index contributed by atoms with van der Waals surface area (Å²) in [5, 5.41) is 11.8. The van der Waals surface area contributed by atoms with Crippen molar-refractivity contribution in [3.8, 4) is 0 Å². The monoisotopic (exact) mass is 290 g/mol. The van der Waals surface area contributed by atoms with Gasteiger partial charge < -0.3 is 15.3 Å². The lowest BCUT2D eigenvalue weighted by molar-refractivity contribution is -0.157. The van der Waals surface area contributed by atoms with Gasteiger partial charge in [0.2, 0.25) is 0 Å². The number of carboxylic acid groups (broad SMARTS) is 1. The summed E-state index contributed by atoms with van der Waals surface area (Å²) >= 11 is 0. The van der Waals surface area contributed by atoms with Crippen molar-refractivity contribution in [2.45, 2.75) is 32.2 Å². The summed E-state index contributed by atoms with van der Waals surface area (Å²) < 4.78 is 0. The van der Waals surface area contributed by atoms with Gasteiger partial charge >= 0.3 is 17.8 Å². The largest absolute Gasteiger partial charge is 0.480 e. The predicted octanol–water partition coefficient (Wildman–Crippen LogP) is 1.40. The molecule has 0 bridgehead atoms. The van der Waals surface area contributed by atoms with Crippen molar-refractivity contribution >= 4 is 23.5 Å². The molecular formula is C15H18N2O4. The van der Waals surface area contributed by atoms with Crippen LogP contribution >= 0.6 is 0 Å². The normalized spacial score (nSPS) is 21.1. The van der Waals surface area contributed by atoms with E-state index in [0.29, 0.717) is 18.5 Å². The summed E-state index contributed by atoms with van der Waals surface area (Å²) in [5.74, 6) is -2.71. The Bertz CT molecular complexity index is 582. The van der Waals surface area contributed by atoms with Gasteiger partial charge in [0.25, 0.3) is 0 Å². The highest BCUT2D eigenvalue weighted by Crippen LogP contribution is 2.29. The van der Waals surface area contributed by atoms with Crippen molar-refractivity contribution in [1.82, 2.24) is 4.90 Å². The first-order chi connectivity index (χ1) is 9.84. The molecule has 2 rings (SSSR count). The lowest BCUT2D eigenvalue weighted by Gasteiger charge is -2.30. The van der Waals surface area contributed by atoms with E-state index in [9.17, 15) is 19.5 Å². The van der Waals surface area contributed by atoms with E-state index in [-0.39, 0.29) is 6.54 Å². The third-order valence-corrected chi connectivity index (χ3v) is 3.85. The second-order valence-electron chi connectivity index (χ2n) is 5.46. The van der Waals surface area contributed by atoms with Gasteiger partial charge in [-0.3, -0.25) is 9.59 Å². The number of amides is 2. The van der Waals surface area contributed by atoms with E-state index in [1.165, 1.54) is 6.92 Å². The maximum atomic E-state index is 12.2. The van der Waals surface area contributed by atoms with Crippen LogP contribution in [0.5, 0.6) is 0 Å². The maximum absolute atomic E-state index is 12.2. The van der Waals surface area contributed by atoms with E-state index in [0.717, 1.165) is 10.5 Å². The predicted molar refractivity (Wildman–Crippen MR) is 76.8 cm³/mol. The Morgan fingerprint density at radius 3 is 2.43 bits per heavy atom. The van der Waals surface area contributed by atoms with Crippen molar-refractivity contribution in [1.29, 1.82) is 0 Å². The van der Waals surface area contributed by atoms with Crippen molar-refractivity contribution in [3.05, 3.63) is 29.8 Å². The number of likely N-dealkylation sites (tertiary alicyclic amines) is 1. The molecule has 112 valence electrons. The Hall–Kier alpha value is -2.37. The molecule has 6 nitrogen and oxygen atoms in total. The van der Waals surface area contributed by atoms with E-state index >= 15 is 0 Å². The zero-order valence-corrected chi connectivity index (χ0v) is 12.0. The third kappa shape index (κ3) is 2.89. The molecule has 1 atom stereocenters. The Labute approximate surface area is 122 Å². The molecule has 21 heavy (non-hydrogen) atoms. The number of carbonyl (C=O) groups is 3. The molecule has 1 heterocycles. The first-order valence-electron chi connectivity index (χ1n) is 6.77. The van der Waals surface area contributed by atoms with Gasteiger partial charge in [-0.1, -0.05) is 17.7 Å². The Kier molecular flexibility index (Phi) is 3.97. The second-order valence-corrected chi connectivity index (χ2v) is 5.46. The van der Waals surface area contributed by atoms with Crippen LogP contribution in [-0.2, 0) is 14.4 Å². The van der Waals surface area contributed by atoms with Crippen LogP contribution in [0.3, 0.4) is 0 Å². The number of nitrogens with zero attached hydrogens (tertiary/aromatic N) is 1. The Balaban J connectivity index is 2.10. The fourth-order valence-electron chi connectivity index (χ4n) is 2.46. The molecule has 1 fully saturated rings. The quantitative estimate of drug-likeness (QED) is 0.806. The summed E-state index contributed by atoms with van der Waals surface area (Å²) in [6.07, 6.45) is 0.929. The number of carbonyl (C=O) groups excluding carboxylic acids is 2. The van der Waals surface area contributed by atoms with Crippen LogP contribution in [0.1, 0.15) is 25.3 Å². The molecule has 2 N–H and O–H groups in total. The van der Waals surface area contributed by atoms with Crippen molar-refractivity contribution < 1.29 is 19.5 Å². The number of benzene rings is 1. The average Bonchev–Trinajstić information content (AvgIpc) is 2.84. The van der Waals surface area contributed by atoms with E-state index in [1.54, 1.807) is 12.1 Å². The molecule has 1 saturated heterocycles. The zero-order chi connectivity index (χ0) is 15.6. The fourth-order valence-corrected chi connectivity index (χ4v) is 2.46. The maximum Gasteiger partial charge on any atom is 0.329 e. The lowest BCUT2D eigenvalue weighted by Crippen LogP contribution is -2.53. The van der Waals surface area contributed by atoms with Crippen LogP contribution in [0.2, 0.25) is 0 Å². The van der Waals surface area contributed by atoms with Gasteiger partial charge in [-0.2, -0.15) is 0 Å². The lowest BCUT2D eigenvalue weighted by atomic mass is 9.99. The SMILES string of the molecule is Cc1ccc(NC(=O)C(=O)N2CCCC2(C)C(=O)O)cc1. The number of nitrogens with one attached hydrogen (secondary N) is 1. The summed E-state index contributed by atoms with van der Waals surface area (Å²) in [4.78, 5) is 36.7. The van der Waals surface area contributed by atoms with Gasteiger partial charge in [-0.15, -0.1) is 0 Å². The van der Waals surface area contributed by atoms with Gasteiger partial charge in [-0.05, 0) is 38.8 Å². The Morgan fingerprint density at radius 1 is 1.24 bits per heavy atom. The Morgan fingerprint density at radius 2 is 1.86 bits per heavy atom. The molecule has 1 unspecified atom stereocenters.